The van der Waals surface area contributed by atoms with Crippen LogP contribution in [0.15, 0.2) is 249 Å². The van der Waals surface area contributed by atoms with Crippen molar-refractivity contribution in [3.05, 3.63) is 249 Å². The minimum Gasteiger partial charge on any atom is -0.311 e. The van der Waals surface area contributed by atoms with Crippen LogP contribution in [0.4, 0.5) is 17.1 Å². The van der Waals surface area contributed by atoms with Crippen molar-refractivity contribution >= 4 is 27.8 Å². The van der Waals surface area contributed by atoms with Gasteiger partial charge in [-0.15, -0.1) is 0 Å². The van der Waals surface area contributed by atoms with Crippen molar-refractivity contribution in [2.45, 2.75) is 0 Å². The zero-order valence-electron chi connectivity index (χ0n) is 32.6. The Labute approximate surface area is 346 Å². The topological polar surface area (TPSA) is 3.24 Å². The van der Waals surface area contributed by atoms with E-state index in [2.05, 4.69) is 254 Å². The van der Waals surface area contributed by atoms with Gasteiger partial charge in [0.1, 0.15) is 0 Å². The summed E-state index contributed by atoms with van der Waals surface area (Å²) in [5, 5.41) is 2.52. The molecular weight excluding hydrogens is 711 g/mol. The highest BCUT2D eigenvalue weighted by Gasteiger charge is 2.16. The fourth-order valence-electron chi connectivity index (χ4n) is 8.48. The summed E-state index contributed by atoms with van der Waals surface area (Å²) in [5.41, 5.74) is 17.9. The van der Waals surface area contributed by atoms with Crippen LogP contribution >= 0.6 is 0 Å². The van der Waals surface area contributed by atoms with Crippen molar-refractivity contribution in [3.63, 3.8) is 0 Å². The second-order valence-electron chi connectivity index (χ2n) is 14.9. The minimum absolute atomic E-state index is 1.10. The Hall–Kier alpha value is -7.74. The van der Waals surface area contributed by atoms with Crippen LogP contribution in [0.2, 0.25) is 0 Å². The number of para-hydroxylation sites is 1. The summed E-state index contributed by atoms with van der Waals surface area (Å²) in [5.74, 6) is 0. The predicted octanol–water partition coefficient (Wildman–Crippen LogP) is 16.3. The molecule has 0 fully saturated rings. The van der Waals surface area contributed by atoms with Gasteiger partial charge in [0.05, 0.1) is 0 Å². The molecule has 0 amide bonds. The van der Waals surface area contributed by atoms with Gasteiger partial charge in [0.25, 0.3) is 0 Å². The highest BCUT2D eigenvalue weighted by atomic mass is 15.1. The van der Waals surface area contributed by atoms with Crippen LogP contribution in [0.25, 0.3) is 77.5 Å². The zero-order chi connectivity index (χ0) is 39.4. The molecule has 10 aromatic carbocycles. The van der Waals surface area contributed by atoms with Crippen LogP contribution in [0, 0.1) is 0 Å². The molecule has 0 aliphatic heterocycles. The van der Waals surface area contributed by atoms with E-state index in [1.54, 1.807) is 0 Å². The van der Waals surface area contributed by atoms with E-state index in [0.717, 1.165) is 17.1 Å². The summed E-state index contributed by atoms with van der Waals surface area (Å²) in [4.78, 5) is 2.34. The van der Waals surface area contributed by atoms with E-state index in [4.69, 9.17) is 0 Å². The van der Waals surface area contributed by atoms with Crippen molar-refractivity contribution < 1.29 is 0 Å². The van der Waals surface area contributed by atoms with Crippen LogP contribution in [0.1, 0.15) is 0 Å². The number of hydrogen-bond acceptors (Lipinski definition) is 1. The van der Waals surface area contributed by atoms with Gasteiger partial charge in [-0.1, -0.05) is 206 Å². The number of hydrogen-bond donors (Lipinski definition) is 0. The van der Waals surface area contributed by atoms with Crippen molar-refractivity contribution in [3.8, 4) is 66.8 Å². The third-order valence-electron chi connectivity index (χ3n) is 11.3. The van der Waals surface area contributed by atoms with E-state index in [0.29, 0.717) is 0 Å². The van der Waals surface area contributed by atoms with Crippen molar-refractivity contribution in [2.24, 2.45) is 0 Å². The van der Waals surface area contributed by atoms with Crippen LogP contribution in [-0.4, -0.2) is 0 Å². The molecule has 0 aromatic heterocycles. The maximum absolute atomic E-state index is 2.34. The Morgan fingerprint density at radius 2 is 0.559 bits per heavy atom. The first-order valence-corrected chi connectivity index (χ1v) is 20.3. The molecule has 1 heteroatoms. The van der Waals surface area contributed by atoms with Crippen molar-refractivity contribution in [1.82, 2.24) is 0 Å². The van der Waals surface area contributed by atoms with Crippen LogP contribution in [0.3, 0.4) is 0 Å². The molecule has 0 bridgehead atoms. The summed E-state index contributed by atoms with van der Waals surface area (Å²) in [6.07, 6.45) is 0. The number of benzene rings is 10. The van der Waals surface area contributed by atoms with E-state index < -0.39 is 0 Å². The molecule has 10 aromatic rings. The Morgan fingerprint density at radius 1 is 0.203 bits per heavy atom. The molecule has 0 aliphatic rings. The molecule has 0 atom stereocenters. The van der Waals surface area contributed by atoms with E-state index in [1.807, 2.05) is 0 Å². The Balaban J connectivity index is 0.985. The third-order valence-corrected chi connectivity index (χ3v) is 11.3. The molecule has 0 saturated carbocycles. The Kier molecular flexibility index (Phi) is 9.68. The van der Waals surface area contributed by atoms with Crippen molar-refractivity contribution in [2.75, 3.05) is 4.90 Å². The van der Waals surface area contributed by atoms with Crippen molar-refractivity contribution in [1.29, 1.82) is 0 Å². The smallest absolute Gasteiger partial charge is 0.0462 e. The molecule has 10 rings (SSSR count). The highest BCUT2D eigenvalue weighted by Crippen LogP contribution is 2.42. The second kappa shape index (κ2) is 16.0. The average molecular weight is 752 g/mol. The summed E-state index contributed by atoms with van der Waals surface area (Å²) in [6, 6.07) is 89.6. The van der Waals surface area contributed by atoms with Gasteiger partial charge in [-0.3, -0.25) is 0 Å². The van der Waals surface area contributed by atoms with Crippen LogP contribution in [-0.2, 0) is 0 Å². The number of nitrogens with zero attached hydrogens (tertiary/aromatic N) is 1. The maximum atomic E-state index is 2.34. The summed E-state index contributed by atoms with van der Waals surface area (Å²) in [6.45, 7) is 0. The lowest BCUT2D eigenvalue weighted by Gasteiger charge is -2.26. The molecule has 0 heterocycles. The largest absolute Gasteiger partial charge is 0.311 e. The molecule has 1 nitrogen and oxygen atoms in total. The average Bonchev–Trinajstić information content (AvgIpc) is 3.33. The molecule has 0 aliphatic carbocycles. The van der Waals surface area contributed by atoms with E-state index in [9.17, 15) is 0 Å². The van der Waals surface area contributed by atoms with Crippen LogP contribution in [0.5, 0.6) is 0 Å². The summed E-state index contributed by atoms with van der Waals surface area (Å²) < 4.78 is 0. The number of rotatable bonds is 9. The lowest BCUT2D eigenvalue weighted by molar-refractivity contribution is 1.28. The molecule has 0 unspecified atom stereocenters. The fraction of sp³-hybridized carbons (Fsp3) is 0. The molecule has 59 heavy (non-hydrogen) atoms. The van der Waals surface area contributed by atoms with Gasteiger partial charge < -0.3 is 4.90 Å². The van der Waals surface area contributed by atoms with Gasteiger partial charge >= 0.3 is 0 Å². The first-order valence-electron chi connectivity index (χ1n) is 20.3. The SMILES string of the molecule is c1ccc(-c2ccccc2-c2ccccc2-c2ccc(N(c3ccccc3)c3ccc(-c4cccc(-c5cccc6cccc(-c7ccccc7)c56)c4)cc3)cc2)cc1. The molecule has 0 N–H and O–H groups in total. The molecule has 0 spiro atoms. The van der Waals surface area contributed by atoms with E-state index >= 15 is 0 Å². The Morgan fingerprint density at radius 3 is 1.12 bits per heavy atom. The molecule has 278 valence electrons. The van der Waals surface area contributed by atoms with Gasteiger partial charge in [0.15, 0.2) is 0 Å². The summed E-state index contributed by atoms with van der Waals surface area (Å²) in [7, 11) is 0. The molecule has 0 saturated heterocycles. The quantitative estimate of drug-likeness (QED) is 0.142. The lowest BCUT2D eigenvalue weighted by atomic mass is 9.89. The lowest BCUT2D eigenvalue weighted by Crippen LogP contribution is -2.09. The second-order valence-corrected chi connectivity index (χ2v) is 14.9. The standard InChI is InChI=1S/C58H41N/c1-4-17-43(18-5-1)52-27-10-12-29-56(52)57-30-13-11-28-53(57)45-35-39-51(40-36-45)59(49-25-8-3-9-26-49)50-37-33-42(34-38-50)47-23-14-24-48(41-47)55-32-16-22-46-21-15-31-54(58(46)55)44-19-6-2-7-20-44/h1-41H. The summed E-state index contributed by atoms with van der Waals surface area (Å²) >= 11 is 0. The van der Waals surface area contributed by atoms with Crippen LogP contribution < -0.4 is 4.90 Å². The zero-order valence-corrected chi connectivity index (χ0v) is 32.6. The van der Waals surface area contributed by atoms with E-state index in [-0.39, 0.29) is 0 Å². The monoisotopic (exact) mass is 751 g/mol. The van der Waals surface area contributed by atoms with Gasteiger partial charge in [-0.2, -0.15) is 0 Å². The van der Waals surface area contributed by atoms with Gasteiger partial charge in [0, 0.05) is 17.1 Å². The first kappa shape index (κ1) is 35.7. The Bertz CT molecular complexity index is 3000. The predicted molar refractivity (Wildman–Crippen MR) is 251 cm³/mol. The third kappa shape index (κ3) is 7.12. The number of fused-ring (bicyclic) bond motifs is 1. The minimum atomic E-state index is 1.10. The van der Waals surface area contributed by atoms with Gasteiger partial charge in [-0.25, -0.2) is 0 Å². The van der Waals surface area contributed by atoms with Gasteiger partial charge in [-0.05, 0) is 120 Å². The molecular formula is C58H41N. The van der Waals surface area contributed by atoms with E-state index in [1.165, 1.54) is 77.5 Å². The first-order chi connectivity index (χ1) is 29.3. The molecule has 0 radical (unpaired) electrons. The van der Waals surface area contributed by atoms with Gasteiger partial charge in [0.2, 0.25) is 0 Å². The highest BCUT2D eigenvalue weighted by molar-refractivity contribution is 6.06. The maximum Gasteiger partial charge on any atom is 0.0462 e. The number of anilines is 3. The normalized spacial score (nSPS) is 11.1. The fourth-order valence-corrected chi connectivity index (χ4v) is 8.48.